The molecular formula is C12H20ClN3O2S. The van der Waals surface area contributed by atoms with Crippen LogP contribution in [0.4, 0.5) is 0 Å². The van der Waals surface area contributed by atoms with Crippen molar-refractivity contribution in [1.82, 2.24) is 14.8 Å². The molecule has 2 rings (SSSR count). The zero-order chi connectivity index (χ0) is 14.0. The Bertz CT molecular complexity index is 533. The Balaban J connectivity index is 2.40. The molecule has 7 heteroatoms. The highest BCUT2D eigenvalue weighted by Crippen LogP contribution is 2.33. The summed E-state index contributed by atoms with van der Waals surface area (Å²) in [5.41, 5.74) is 0. The molecule has 0 amide bonds. The molecule has 1 aromatic rings. The van der Waals surface area contributed by atoms with Crippen molar-refractivity contribution in [1.29, 1.82) is 0 Å². The van der Waals surface area contributed by atoms with Crippen molar-refractivity contribution < 1.29 is 8.42 Å². The van der Waals surface area contributed by atoms with Gasteiger partial charge in [-0.2, -0.15) is 0 Å². The third-order valence-electron chi connectivity index (χ3n) is 3.48. The minimum atomic E-state index is -3.84. The maximum atomic E-state index is 11.6. The number of rotatable bonds is 4. The van der Waals surface area contributed by atoms with E-state index in [-0.39, 0.29) is 5.16 Å². The van der Waals surface area contributed by atoms with E-state index in [4.69, 9.17) is 10.7 Å². The fraction of sp³-hybridized carbons (Fsp3) is 0.833. The van der Waals surface area contributed by atoms with Crippen molar-refractivity contribution in [3.8, 4) is 0 Å². The van der Waals surface area contributed by atoms with E-state index in [9.17, 15) is 8.42 Å². The average Bonchev–Trinajstić information content (AvgIpc) is 2.72. The minimum absolute atomic E-state index is 0.108. The molecule has 0 aliphatic heterocycles. The van der Waals surface area contributed by atoms with E-state index in [1.165, 1.54) is 19.3 Å². The van der Waals surface area contributed by atoms with Gasteiger partial charge in [-0.25, -0.2) is 8.42 Å². The molecule has 1 aromatic heterocycles. The van der Waals surface area contributed by atoms with Crippen molar-refractivity contribution in [2.45, 2.75) is 63.6 Å². The topological polar surface area (TPSA) is 64.8 Å². The molecule has 19 heavy (non-hydrogen) atoms. The zero-order valence-corrected chi connectivity index (χ0v) is 12.9. The molecule has 108 valence electrons. The van der Waals surface area contributed by atoms with E-state index in [1.807, 2.05) is 13.8 Å². The summed E-state index contributed by atoms with van der Waals surface area (Å²) in [6.45, 7) is 4.66. The second kappa shape index (κ2) is 5.79. The maximum absolute atomic E-state index is 11.6. The van der Waals surface area contributed by atoms with E-state index in [0.29, 0.717) is 18.4 Å². The zero-order valence-electron chi connectivity index (χ0n) is 11.3. The second-order valence-electron chi connectivity index (χ2n) is 5.62. The lowest BCUT2D eigenvalue weighted by atomic mass is 9.88. The largest absolute Gasteiger partial charge is 0.300 e. The van der Waals surface area contributed by atoms with Gasteiger partial charge in [-0.05, 0) is 18.8 Å². The summed E-state index contributed by atoms with van der Waals surface area (Å²) in [5, 5.41) is 7.81. The van der Waals surface area contributed by atoms with Gasteiger partial charge in [0.15, 0.2) is 0 Å². The molecule has 0 bridgehead atoms. The molecule has 1 heterocycles. The SMILES string of the molecule is CC(C)Cn1c(C2CCCCC2)nnc1S(=O)(=O)Cl. The monoisotopic (exact) mass is 305 g/mol. The summed E-state index contributed by atoms with van der Waals surface area (Å²) < 4.78 is 24.8. The first-order valence-electron chi connectivity index (χ1n) is 6.77. The van der Waals surface area contributed by atoms with Gasteiger partial charge in [0.05, 0.1) is 0 Å². The van der Waals surface area contributed by atoms with Gasteiger partial charge in [0.2, 0.25) is 0 Å². The van der Waals surface area contributed by atoms with Gasteiger partial charge in [0.1, 0.15) is 5.82 Å². The lowest BCUT2D eigenvalue weighted by Crippen LogP contribution is -2.17. The number of halogens is 1. The summed E-state index contributed by atoms with van der Waals surface area (Å²) in [6, 6.07) is 0. The number of hydrogen-bond donors (Lipinski definition) is 0. The third-order valence-corrected chi connectivity index (χ3v) is 4.63. The standard InChI is InChI=1S/C12H20ClN3O2S/c1-9(2)8-16-11(10-6-4-3-5-7-10)14-15-12(16)19(13,17)18/h9-10H,3-8H2,1-2H3. The summed E-state index contributed by atoms with van der Waals surface area (Å²) in [5.74, 6) is 1.41. The Labute approximate surface area is 118 Å². The predicted octanol–water partition coefficient (Wildman–Crippen LogP) is 2.91. The Morgan fingerprint density at radius 3 is 2.42 bits per heavy atom. The van der Waals surface area contributed by atoms with Crippen LogP contribution in [0.1, 0.15) is 57.7 Å². The van der Waals surface area contributed by atoms with Crippen molar-refractivity contribution in [2.24, 2.45) is 5.92 Å². The van der Waals surface area contributed by atoms with Crippen LogP contribution in [0.25, 0.3) is 0 Å². The fourth-order valence-electron chi connectivity index (χ4n) is 2.68. The molecule has 1 aliphatic carbocycles. The molecule has 0 aromatic carbocycles. The number of nitrogens with zero attached hydrogens (tertiary/aromatic N) is 3. The van der Waals surface area contributed by atoms with Crippen molar-refractivity contribution in [3.05, 3.63) is 5.82 Å². The quantitative estimate of drug-likeness (QED) is 0.802. The third kappa shape index (κ3) is 3.48. The second-order valence-corrected chi connectivity index (χ2v) is 8.08. The van der Waals surface area contributed by atoms with Crippen LogP contribution in [0.2, 0.25) is 0 Å². The Kier molecular flexibility index (Phi) is 4.50. The lowest BCUT2D eigenvalue weighted by molar-refractivity contribution is 0.394. The smallest absolute Gasteiger partial charge is 0.296 e. The first-order chi connectivity index (χ1) is 8.89. The molecule has 1 fully saturated rings. The molecular weight excluding hydrogens is 286 g/mol. The van der Waals surface area contributed by atoms with Gasteiger partial charge in [0.25, 0.3) is 14.2 Å². The normalized spacial score (nSPS) is 18.1. The molecule has 1 aliphatic rings. The van der Waals surface area contributed by atoms with Crippen LogP contribution < -0.4 is 0 Å². The summed E-state index contributed by atoms with van der Waals surface area (Å²) in [7, 11) is 1.61. The van der Waals surface area contributed by atoms with Crippen molar-refractivity contribution in [3.63, 3.8) is 0 Å². The van der Waals surface area contributed by atoms with E-state index in [2.05, 4.69) is 10.2 Å². The Morgan fingerprint density at radius 2 is 1.89 bits per heavy atom. The lowest BCUT2D eigenvalue weighted by Gasteiger charge is -2.22. The van der Waals surface area contributed by atoms with Gasteiger partial charge < -0.3 is 4.57 Å². The first kappa shape index (κ1) is 14.8. The summed E-state index contributed by atoms with van der Waals surface area (Å²) in [4.78, 5) is 0. The van der Waals surface area contributed by atoms with E-state index in [1.54, 1.807) is 4.57 Å². The van der Waals surface area contributed by atoms with Crippen LogP contribution in [-0.4, -0.2) is 23.2 Å². The maximum Gasteiger partial charge on any atom is 0.296 e. The van der Waals surface area contributed by atoms with Crippen LogP contribution in [-0.2, 0) is 15.6 Å². The predicted molar refractivity (Wildman–Crippen MR) is 73.7 cm³/mol. The van der Waals surface area contributed by atoms with Gasteiger partial charge in [-0.1, -0.05) is 33.1 Å². The van der Waals surface area contributed by atoms with Crippen LogP contribution in [0.15, 0.2) is 5.16 Å². The highest BCUT2D eigenvalue weighted by atomic mass is 35.7. The molecule has 0 unspecified atom stereocenters. The molecule has 1 saturated carbocycles. The number of hydrogen-bond acceptors (Lipinski definition) is 4. The average molecular weight is 306 g/mol. The van der Waals surface area contributed by atoms with E-state index >= 15 is 0 Å². The molecule has 0 N–H and O–H groups in total. The molecule has 5 nitrogen and oxygen atoms in total. The van der Waals surface area contributed by atoms with Crippen LogP contribution in [0.5, 0.6) is 0 Å². The van der Waals surface area contributed by atoms with Gasteiger partial charge >= 0.3 is 0 Å². The molecule has 0 saturated heterocycles. The summed E-state index contributed by atoms with van der Waals surface area (Å²) >= 11 is 0. The number of aromatic nitrogens is 3. The first-order valence-corrected chi connectivity index (χ1v) is 9.08. The van der Waals surface area contributed by atoms with Gasteiger partial charge in [0, 0.05) is 23.1 Å². The van der Waals surface area contributed by atoms with Crippen molar-refractivity contribution >= 4 is 19.7 Å². The Morgan fingerprint density at radius 1 is 1.26 bits per heavy atom. The van der Waals surface area contributed by atoms with Crippen molar-refractivity contribution in [2.75, 3.05) is 0 Å². The van der Waals surface area contributed by atoms with Gasteiger partial charge in [-0.3, -0.25) is 0 Å². The van der Waals surface area contributed by atoms with Crippen LogP contribution in [0.3, 0.4) is 0 Å². The van der Waals surface area contributed by atoms with Crippen LogP contribution >= 0.6 is 10.7 Å². The Hall–Kier alpha value is -0.620. The minimum Gasteiger partial charge on any atom is -0.300 e. The summed E-state index contributed by atoms with van der Waals surface area (Å²) in [6.07, 6.45) is 5.69. The van der Waals surface area contributed by atoms with Crippen LogP contribution in [0, 0.1) is 5.92 Å². The van der Waals surface area contributed by atoms with E-state index in [0.717, 1.165) is 18.7 Å². The molecule has 0 radical (unpaired) electrons. The highest BCUT2D eigenvalue weighted by Gasteiger charge is 2.28. The van der Waals surface area contributed by atoms with Gasteiger partial charge in [-0.15, -0.1) is 10.2 Å². The molecule has 0 atom stereocenters. The fourth-order valence-corrected chi connectivity index (χ4v) is 3.59. The highest BCUT2D eigenvalue weighted by molar-refractivity contribution is 8.13. The van der Waals surface area contributed by atoms with E-state index < -0.39 is 9.05 Å². The molecule has 0 spiro atoms.